The highest BCUT2D eigenvalue weighted by Crippen LogP contribution is 2.42. The topological polar surface area (TPSA) is 115 Å². The standard InChI is InChI=1S/C14H19N3O4S/c15-11-7-9-1-2-10(8-11)14(9)16-22(20,21)13-5-3-12(4-6-13)17(18)19/h3-6,9-11,14,16H,1-2,7-8,15H2. The largest absolute Gasteiger partial charge is 0.328 e. The fourth-order valence-corrected chi connectivity index (χ4v) is 5.14. The van der Waals surface area contributed by atoms with Crippen molar-refractivity contribution in [3.63, 3.8) is 0 Å². The van der Waals surface area contributed by atoms with Gasteiger partial charge in [0.05, 0.1) is 9.82 Å². The first-order chi connectivity index (χ1) is 10.4. The highest BCUT2D eigenvalue weighted by molar-refractivity contribution is 7.89. The Hall–Kier alpha value is -1.51. The molecule has 2 unspecified atom stereocenters. The van der Waals surface area contributed by atoms with Gasteiger partial charge in [0.1, 0.15) is 0 Å². The van der Waals surface area contributed by atoms with Gasteiger partial charge in [0.25, 0.3) is 5.69 Å². The lowest BCUT2D eigenvalue weighted by molar-refractivity contribution is -0.384. The lowest BCUT2D eigenvalue weighted by atomic mass is 9.82. The highest BCUT2D eigenvalue weighted by atomic mass is 32.2. The summed E-state index contributed by atoms with van der Waals surface area (Å²) in [6.07, 6.45) is 3.71. The number of nitrogens with two attached hydrogens (primary N) is 1. The molecule has 0 radical (unpaired) electrons. The van der Waals surface area contributed by atoms with E-state index in [-0.39, 0.29) is 22.7 Å². The van der Waals surface area contributed by atoms with E-state index in [0.717, 1.165) is 25.7 Å². The van der Waals surface area contributed by atoms with Crippen LogP contribution in [0.5, 0.6) is 0 Å². The minimum atomic E-state index is -3.66. The van der Waals surface area contributed by atoms with Crippen molar-refractivity contribution < 1.29 is 13.3 Å². The van der Waals surface area contributed by atoms with E-state index in [2.05, 4.69) is 4.72 Å². The summed E-state index contributed by atoms with van der Waals surface area (Å²) in [5.74, 6) is 0.586. The predicted molar refractivity (Wildman–Crippen MR) is 80.6 cm³/mol. The summed E-state index contributed by atoms with van der Waals surface area (Å²) in [6.45, 7) is 0. The van der Waals surface area contributed by atoms with Crippen LogP contribution in [0.2, 0.25) is 0 Å². The fraction of sp³-hybridized carbons (Fsp3) is 0.571. The van der Waals surface area contributed by atoms with Gasteiger partial charge >= 0.3 is 0 Å². The molecule has 0 heterocycles. The number of sulfonamides is 1. The number of hydrogen-bond donors (Lipinski definition) is 2. The summed E-state index contributed by atoms with van der Waals surface area (Å²) in [7, 11) is -3.66. The molecule has 3 rings (SSSR count). The molecule has 3 N–H and O–H groups in total. The third-order valence-electron chi connectivity index (χ3n) is 4.78. The minimum Gasteiger partial charge on any atom is -0.328 e. The van der Waals surface area contributed by atoms with E-state index in [1.54, 1.807) is 0 Å². The zero-order chi connectivity index (χ0) is 15.9. The van der Waals surface area contributed by atoms with Crippen LogP contribution in [0.15, 0.2) is 29.2 Å². The number of hydrogen-bond acceptors (Lipinski definition) is 5. The molecule has 1 aromatic rings. The van der Waals surface area contributed by atoms with Gasteiger partial charge < -0.3 is 5.73 Å². The number of nitrogens with zero attached hydrogens (tertiary/aromatic N) is 1. The summed E-state index contributed by atoms with van der Waals surface area (Å²) in [4.78, 5) is 10.1. The summed E-state index contributed by atoms with van der Waals surface area (Å²) in [5, 5.41) is 10.6. The van der Waals surface area contributed by atoms with E-state index in [4.69, 9.17) is 5.73 Å². The van der Waals surface area contributed by atoms with Crippen molar-refractivity contribution in [3.8, 4) is 0 Å². The normalized spacial score (nSPS) is 31.1. The SMILES string of the molecule is NC1CC2CCC(C1)C2NS(=O)(=O)c1ccc([N+](=O)[O-])cc1. The number of benzene rings is 1. The molecule has 0 aromatic heterocycles. The molecule has 7 nitrogen and oxygen atoms in total. The van der Waals surface area contributed by atoms with E-state index in [1.165, 1.54) is 24.3 Å². The molecule has 0 spiro atoms. The van der Waals surface area contributed by atoms with Crippen molar-refractivity contribution in [2.24, 2.45) is 17.6 Å². The maximum Gasteiger partial charge on any atom is 0.269 e. The number of fused-ring (bicyclic) bond motifs is 2. The molecule has 22 heavy (non-hydrogen) atoms. The summed E-state index contributed by atoms with van der Waals surface area (Å²) in [6, 6.07) is 5.06. The molecule has 0 amide bonds. The lowest BCUT2D eigenvalue weighted by Gasteiger charge is -2.33. The quantitative estimate of drug-likeness (QED) is 0.641. The number of nitro groups is 1. The van der Waals surface area contributed by atoms with E-state index in [9.17, 15) is 18.5 Å². The van der Waals surface area contributed by atoms with Crippen molar-refractivity contribution in [2.75, 3.05) is 0 Å². The van der Waals surface area contributed by atoms with Gasteiger partial charge in [-0.1, -0.05) is 0 Å². The molecule has 2 atom stereocenters. The second-order valence-electron chi connectivity index (χ2n) is 6.23. The molecular formula is C14H19N3O4S. The Labute approximate surface area is 129 Å². The van der Waals surface area contributed by atoms with Crippen LogP contribution in [0.3, 0.4) is 0 Å². The molecule has 2 saturated carbocycles. The van der Waals surface area contributed by atoms with Gasteiger partial charge in [-0.25, -0.2) is 13.1 Å². The molecule has 120 valence electrons. The van der Waals surface area contributed by atoms with Gasteiger partial charge in [0.2, 0.25) is 10.0 Å². The molecule has 0 aliphatic heterocycles. The van der Waals surface area contributed by atoms with Crippen LogP contribution < -0.4 is 10.5 Å². The first-order valence-corrected chi connectivity index (χ1v) is 8.87. The Morgan fingerprint density at radius 2 is 1.68 bits per heavy atom. The zero-order valence-corrected chi connectivity index (χ0v) is 12.8. The Morgan fingerprint density at radius 3 is 2.18 bits per heavy atom. The second-order valence-corrected chi connectivity index (χ2v) is 7.94. The third-order valence-corrected chi connectivity index (χ3v) is 6.26. The molecule has 2 fully saturated rings. The number of nitrogens with one attached hydrogen (secondary N) is 1. The van der Waals surface area contributed by atoms with Crippen LogP contribution in [-0.2, 0) is 10.0 Å². The summed E-state index contributed by atoms with van der Waals surface area (Å²) < 4.78 is 27.7. The van der Waals surface area contributed by atoms with Crippen molar-refractivity contribution >= 4 is 15.7 Å². The van der Waals surface area contributed by atoms with E-state index < -0.39 is 14.9 Å². The maximum atomic E-state index is 12.5. The Bertz CT molecular complexity index is 660. The van der Waals surface area contributed by atoms with Crippen molar-refractivity contribution in [1.29, 1.82) is 0 Å². The minimum absolute atomic E-state index is 0.0624. The smallest absolute Gasteiger partial charge is 0.269 e. The van der Waals surface area contributed by atoms with Crippen LogP contribution >= 0.6 is 0 Å². The highest BCUT2D eigenvalue weighted by Gasteiger charge is 2.43. The van der Waals surface area contributed by atoms with Crippen LogP contribution in [0.1, 0.15) is 25.7 Å². The van der Waals surface area contributed by atoms with E-state index in [0.29, 0.717) is 11.8 Å². The van der Waals surface area contributed by atoms with Gasteiger partial charge in [-0.05, 0) is 49.7 Å². The maximum absolute atomic E-state index is 12.5. The van der Waals surface area contributed by atoms with Crippen molar-refractivity contribution in [3.05, 3.63) is 34.4 Å². The van der Waals surface area contributed by atoms with Gasteiger partial charge in [0.15, 0.2) is 0 Å². The third kappa shape index (κ3) is 2.86. The van der Waals surface area contributed by atoms with Crippen LogP contribution in [0.25, 0.3) is 0 Å². The first kappa shape index (κ1) is 15.4. The monoisotopic (exact) mass is 325 g/mol. The average molecular weight is 325 g/mol. The Morgan fingerprint density at radius 1 is 1.14 bits per heavy atom. The van der Waals surface area contributed by atoms with Crippen LogP contribution in [0, 0.1) is 22.0 Å². The molecule has 2 bridgehead atoms. The number of non-ortho nitro benzene ring substituents is 1. The summed E-state index contributed by atoms with van der Waals surface area (Å²) in [5.41, 5.74) is 5.87. The Kier molecular flexibility index (Phi) is 3.92. The Balaban J connectivity index is 1.78. The summed E-state index contributed by atoms with van der Waals surface area (Å²) >= 11 is 0. The number of rotatable bonds is 4. The first-order valence-electron chi connectivity index (χ1n) is 7.39. The van der Waals surface area contributed by atoms with E-state index in [1.807, 2.05) is 0 Å². The van der Waals surface area contributed by atoms with Crippen LogP contribution in [-0.4, -0.2) is 25.4 Å². The van der Waals surface area contributed by atoms with Crippen molar-refractivity contribution in [1.82, 2.24) is 4.72 Å². The molecule has 2 aliphatic rings. The van der Waals surface area contributed by atoms with Gasteiger partial charge in [0, 0.05) is 24.2 Å². The molecule has 8 heteroatoms. The lowest BCUT2D eigenvalue weighted by Crippen LogP contribution is -2.47. The molecule has 0 saturated heterocycles. The van der Waals surface area contributed by atoms with Gasteiger partial charge in [-0.15, -0.1) is 0 Å². The van der Waals surface area contributed by atoms with Gasteiger partial charge in [-0.3, -0.25) is 10.1 Å². The second kappa shape index (κ2) is 5.60. The van der Waals surface area contributed by atoms with Gasteiger partial charge in [-0.2, -0.15) is 0 Å². The van der Waals surface area contributed by atoms with Crippen molar-refractivity contribution in [2.45, 2.75) is 42.7 Å². The van der Waals surface area contributed by atoms with E-state index >= 15 is 0 Å². The number of nitro benzene ring substituents is 1. The van der Waals surface area contributed by atoms with Crippen LogP contribution in [0.4, 0.5) is 5.69 Å². The molecule has 1 aromatic carbocycles. The average Bonchev–Trinajstić information content (AvgIpc) is 2.70. The fourth-order valence-electron chi connectivity index (χ4n) is 3.76. The molecule has 2 aliphatic carbocycles. The predicted octanol–water partition coefficient (Wildman–Crippen LogP) is 1.39. The zero-order valence-electron chi connectivity index (χ0n) is 12.0. The molecular weight excluding hydrogens is 306 g/mol.